The van der Waals surface area contributed by atoms with E-state index in [2.05, 4.69) is 50.5 Å². The maximum absolute atomic E-state index is 11.0. The zero-order chi connectivity index (χ0) is 18.2. The fourth-order valence-corrected chi connectivity index (χ4v) is 2.85. The summed E-state index contributed by atoms with van der Waals surface area (Å²) in [5, 5.41) is 20.1. The van der Waals surface area contributed by atoms with Crippen molar-refractivity contribution in [3.05, 3.63) is 54.1 Å². The largest absolute Gasteiger partial charge is 0.505 e. The Morgan fingerprint density at radius 3 is 2.24 bits per heavy atom. The van der Waals surface area contributed by atoms with Gasteiger partial charge in [-0.1, -0.05) is 46.4 Å². The van der Waals surface area contributed by atoms with Crippen LogP contribution >= 0.6 is 0 Å². The Morgan fingerprint density at radius 2 is 1.72 bits per heavy atom. The number of fused-ring (bicyclic) bond motifs is 1. The second-order valence-corrected chi connectivity index (χ2v) is 7.06. The second-order valence-electron chi connectivity index (χ2n) is 7.06. The Balaban J connectivity index is 2.27. The Bertz CT molecular complexity index is 904. The highest BCUT2D eigenvalue weighted by molar-refractivity contribution is 5.74. The molecule has 0 radical (unpaired) electrons. The van der Waals surface area contributed by atoms with Gasteiger partial charge in [-0.15, -0.1) is 15.0 Å². The Hall–Kier alpha value is -2.62. The summed E-state index contributed by atoms with van der Waals surface area (Å²) in [4.78, 5) is 1.53. The molecule has 4 nitrogen and oxygen atoms in total. The molecule has 0 unspecified atom stereocenters. The lowest BCUT2D eigenvalue weighted by Gasteiger charge is -2.26. The summed E-state index contributed by atoms with van der Waals surface area (Å²) in [5.41, 5.74) is 5.00. The summed E-state index contributed by atoms with van der Waals surface area (Å²) in [6.45, 7) is 12.6. The summed E-state index contributed by atoms with van der Waals surface area (Å²) < 4.78 is 0. The summed E-state index contributed by atoms with van der Waals surface area (Å²) >= 11 is 0. The van der Waals surface area contributed by atoms with E-state index < -0.39 is 0 Å². The molecule has 0 bridgehead atoms. The van der Waals surface area contributed by atoms with Crippen LogP contribution in [0.15, 0.2) is 43.0 Å². The number of benzene rings is 2. The number of allylic oxidation sites excluding steroid dienone is 1. The number of aromatic nitrogens is 3. The monoisotopic (exact) mass is 335 g/mol. The topological polar surface area (TPSA) is 50.9 Å². The fourth-order valence-electron chi connectivity index (χ4n) is 2.85. The van der Waals surface area contributed by atoms with Crippen LogP contribution in [0.3, 0.4) is 0 Å². The number of rotatable bonds is 5. The molecule has 130 valence electrons. The van der Waals surface area contributed by atoms with Crippen molar-refractivity contribution in [3.63, 3.8) is 0 Å². The van der Waals surface area contributed by atoms with Crippen LogP contribution < -0.4 is 0 Å². The third-order valence-electron chi connectivity index (χ3n) is 5.04. The van der Waals surface area contributed by atoms with Gasteiger partial charge in [0.2, 0.25) is 0 Å². The van der Waals surface area contributed by atoms with Gasteiger partial charge in [0, 0.05) is 5.56 Å². The Labute approximate surface area is 148 Å². The summed E-state index contributed by atoms with van der Waals surface area (Å²) in [5.74, 6) is 0.236. The van der Waals surface area contributed by atoms with Gasteiger partial charge in [0.15, 0.2) is 0 Å². The van der Waals surface area contributed by atoms with Crippen molar-refractivity contribution in [3.8, 4) is 11.4 Å². The van der Waals surface area contributed by atoms with Gasteiger partial charge in [0.25, 0.3) is 0 Å². The molecule has 0 saturated carbocycles. The molecule has 0 fully saturated rings. The minimum absolute atomic E-state index is 0.157. The van der Waals surface area contributed by atoms with Gasteiger partial charge in [0.1, 0.15) is 22.5 Å². The molecule has 1 N–H and O–H groups in total. The lowest BCUT2D eigenvalue weighted by Crippen LogP contribution is -2.17. The number of aromatic hydroxyl groups is 1. The van der Waals surface area contributed by atoms with Crippen molar-refractivity contribution in [1.82, 2.24) is 15.0 Å². The van der Waals surface area contributed by atoms with Crippen LogP contribution in [0.4, 0.5) is 0 Å². The first-order valence-corrected chi connectivity index (χ1v) is 8.75. The van der Waals surface area contributed by atoms with E-state index in [-0.39, 0.29) is 11.2 Å². The highest BCUT2D eigenvalue weighted by Crippen LogP contribution is 2.39. The quantitative estimate of drug-likeness (QED) is 0.694. The third-order valence-corrected chi connectivity index (χ3v) is 5.04. The molecular formula is C21H25N3O. The third kappa shape index (κ3) is 3.04. The fraction of sp³-hybridized carbons (Fsp3) is 0.333. The Kier molecular flexibility index (Phi) is 4.38. The zero-order valence-corrected chi connectivity index (χ0v) is 15.4. The molecule has 4 heteroatoms. The summed E-state index contributed by atoms with van der Waals surface area (Å²) in [6, 6.07) is 11.7. The van der Waals surface area contributed by atoms with E-state index in [4.69, 9.17) is 0 Å². The molecule has 0 spiro atoms. The number of hydrogen-bond donors (Lipinski definition) is 1. The molecule has 3 aromatic rings. The van der Waals surface area contributed by atoms with Gasteiger partial charge in [0.05, 0.1) is 0 Å². The van der Waals surface area contributed by atoms with Gasteiger partial charge >= 0.3 is 0 Å². The molecule has 0 amide bonds. The van der Waals surface area contributed by atoms with Crippen LogP contribution in [0.2, 0.25) is 0 Å². The molecule has 2 aromatic carbocycles. The molecule has 0 saturated heterocycles. The zero-order valence-electron chi connectivity index (χ0n) is 15.4. The van der Waals surface area contributed by atoms with Crippen LogP contribution in [0.1, 0.15) is 51.7 Å². The van der Waals surface area contributed by atoms with Gasteiger partial charge < -0.3 is 5.11 Å². The number of hydrogen-bond acceptors (Lipinski definition) is 3. The maximum atomic E-state index is 11.0. The summed E-state index contributed by atoms with van der Waals surface area (Å²) in [7, 11) is 0. The highest BCUT2D eigenvalue weighted by atomic mass is 16.3. The lowest BCUT2D eigenvalue weighted by molar-refractivity contribution is 0.424. The first-order valence-electron chi connectivity index (χ1n) is 8.75. The molecule has 0 aliphatic carbocycles. The molecule has 1 heterocycles. The standard InChI is InChI=1S/C21H25N3O/c1-6-14(3)15-12-16(21(4,5)7-2)20(25)19(13-15)24-22-17-10-8-9-11-18(17)23-24/h8-13,25H,3,6-7H2,1-2,4-5H3. The molecule has 1 aromatic heterocycles. The van der Waals surface area contributed by atoms with Gasteiger partial charge in [-0.2, -0.15) is 0 Å². The van der Waals surface area contributed by atoms with E-state index in [9.17, 15) is 5.11 Å². The van der Waals surface area contributed by atoms with E-state index in [0.29, 0.717) is 5.69 Å². The minimum atomic E-state index is -0.157. The second kappa shape index (κ2) is 6.36. The highest BCUT2D eigenvalue weighted by Gasteiger charge is 2.26. The first-order chi connectivity index (χ1) is 11.9. The van der Waals surface area contributed by atoms with Crippen LogP contribution in [0, 0.1) is 0 Å². The van der Waals surface area contributed by atoms with Crippen molar-refractivity contribution in [2.45, 2.75) is 46.0 Å². The molecule has 0 atom stereocenters. The molecule has 3 rings (SSSR count). The van der Waals surface area contributed by atoms with Crippen molar-refractivity contribution in [2.75, 3.05) is 0 Å². The van der Waals surface area contributed by atoms with Gasteiger partial charge in [-0.05, 0) is 53.7 Å². The van der Waals surface area contributed by atoms with Crippen molar-refractivity contribution >= 4 is 16.6 Å². The van der Waals surface area contributed by atoms with Crippen LogP contribution in [-0.2, 0) is 5.41 Å². The normalized spacial score (nSPS) is 11.8. The average Bonchev–Trinajstić information content (AvgIpc) is 3.04. The van der Waals surface area contributed by atoms with Crippen molar-refractivity contribution in [2.24, 2.45) is 0 Å². The van der Waals surface area contributed by atoms with E-state index >= 15 is 0 Å². The molecule has 0 aliphatic rings. The molecule has 25 heavy (non-hydrogen) atoms. The van der Waals surface area contributed by atoms with Crippen LogP contribution in [0.5, 0.6) is 5.75 Å². The SMILES string of the molecule is C=C(CC)c1cc(-n2nc3ccccc3n2)c(O)c(C(C)(C)CC)c1. The summed E-state index contributed by atoms with van der Waals surface area (Å²) in [6.07, 6.45) is 1.77. The Morgan fingerprint density at radius 1 is 1.12 bits per heavy atom. The van der Waals surface area contributed by atoms with Gasteiger partial charge in [-0.25, -0.2) is 0 Å². The maximum Gasteiger partial charge on any atom is 0.146 e. The van der Waals surface area contributed by atoms with E-state index in [1.807, 2.05) is 30.3 Å². The van der Waals surface area contributed by atoms with Gasteiger partial charge in [-0.3, -0.25) is 0 Å². The predicted octanol–water partition coefficient (Wildman–Crippen LogP) is 5.24. The minimum Gasteiger partial charge on any atom is -0.505 e. The average molecular weight is 335 g/mol. The van der Waals surface area contributed by atoms with E-state index in [0.717, 1.165) is 40.6 Å². The van der Waals surface area contributed by atoms with Crippen LogP contribution in [-0.4, -0.2) is 20.1 Å². The van der Waals surface area contributed by atoms with E-state index in [1.165, 1.54) is 4.80 Å². The first kappa shape index (κ1) is 17.2. The smallest absolute Gasteiger partial charge is 0.146 e. The van der Waals surface area contributed by atoms with Crippen LogP contribution in [0.25, 0.3) is 22.3 Å². The van der Waals surface area contributed by atoms with Crippen molar-refractivity contribution in [1.29, 1.82) is 0 Å². The molecule has 0 aliphatic heterocycles. The number of phenols is 1. The lowest BCUT2D eigenvalue weighted by atomic mass is 9.80. The number of phenolic OH excluding ortho intramolecular Hbond substituents is 1. The predicted molar refractivity (Wildman–Crippen MR) is 103 cm³/mol. The molecular weight excluding hydrogens is 310 g/mol. The van der Waals surface area contributed by atoms with E-state index in [1.54, 1.807) is 0 Å². The van der Waals surface area contributed by atoms with Crippen molar-refractivity contribution < 1.29 is 5.11 Å². The number of nitrogens with zero attached hydrogens (tertiary/aromatic N) is 3.